The number of sulfonamides is 1. The van der Waals surface area contributed by atoms with Crippen molar-refractivity contribution < 1.29 is 22.7 Å². The number of nitrogens with zero attached hydrogens (tertiary/aromatic N) is 1. The molecule has 0 bridgehead atoms. The van der Waals surface area contributed by atoms with Gasteiger partial charge in [-0.25, -0.2) is 13.1 Å². The van der Waals surface area contributed by atoms with Gasteiger partial charge >= 0.3 is 0 Å². The summed E-state index contributed by atoms with van der Waals surface area (Å²) in [7, 11) is -1.50. The van der Waals surface area contributed by atoms with E-state index in [-0.39, 0.29) is 10.8 Å². The van der Waals surface area contributed by atoms with Crippen LogP contribution >= 0.6 is 0 Å². The molecule has 0 saturated heterocycles. The van der Waals surface area contributed by atoms with Crippen molar-refractivity contribution in [3.8, 4) is 11.5 Å². The molecule has 184 valence electrons. The van der Waals surface area contributed by atoms with Crippen LogP contribution in [-0.2, 0) is 27.8 Å². The summed E-state index contributed by atoms with van der Waals surface area (Å²) in [5, 5.41) is 2.99. The predicted octanol–water partition coefficient (Wildman–Crippen LogP) is 3.00. The van der Waals surface area contributed by atoms with Crippen LogP contribution in [0.3, 0.4) is 0 Å². The number of ether oxygens (including phenoxy) is 2. The minimum absolute atomic E-state index is 0.0201. The van der Waals surface area contributed by atoms with Gasteiger partial charge in [-0.05, 0) is 55.0 Å². The SMILES string of the molecule is CN1CCCc2cc(CNC(=O)CCCCCNS(=O)(=O)c3ccc4c(c3)OCCO4)ccc21. The number of nitrogens with one attached hydrogen (secondary N) is 2. The molecule has 2 aliphatic heterocycles. The van der Waals surface area contributed by atoms with Crippen molar-refractivity contribution in [3.63, 3.8) is 0 Å². The Kier molecular flexibility index (Phi) is 7.95. The highest BCUT2D eigenvalue weighted by Crippen LogP contribution is 2.32. The lowest BCUT2D eigenvalue weighted by atomic mass is 9.99. The molecular weight excluding hydrogens is 454 g/mol. The summed E-state index contributed by atoms with van der Waals surface area (Å²) >= 11 is 0. The average molecular weight is 488 g/mol. The lowest BCUT2D eigenvalue weighted by molar-refractivity contribution is -0.121. The van der Waals surface area contributed by atoms with Crippen molar-refractivity contribution >= 4 is 21.6 Å². The van der Waals surface area contributed by atoms with Crippen LogP contribution in [0.1, 0.15) is 43.2 Å². The van der Waals surface area contributed by atoms with Gasteiger partial charge in [-0.15, -0.1) is 0 Å². The minimum Gasteiger partial charge on any atom is -0.486 e. The maximum absolute atomic E-state index is 12.5. The number of rotatable bonds is 10. The summed E-state index contributed by atoms with van der Waals surface area (Å²) in [6.07, 6.45) is 4.82. The van der Waals surface area contributed by atoms with E-state index in [1.165, 1.54) is 23.4 Å². The zero-order chi connectivity index (χ0) is 24.0. The second kappa shape index (κ2) is 11.1. The van der Waals surface area contributed by atoms with Crippen LogP contribution < -0.4 is 24.4 Å². The first-order valence-electron chi connectivity index (χ1n) is 11.9. The van der Waals surface area contributed by atoms with Gasteiger partial charge in [0.1, 0.15) is 13.2 Å². The maximum Gasteiger partial charge on any atom is 0.240 e. The molecule has 2 aromatic carbocycles. The Morgan fingerprint density at radius 2 is 1.85 bits per heavy atom. The second-order valence-electron chi connectivity index (χ2n) is 8.78. The van der Waals surface area contributed by atoms with Crippen LogP contribution in [0.15, 0.2) is 41.3 Å². The van der Waals surface area contributed by atoms with Crippen LogP contribution in [0, 0.1) is 0 Å². The zero-order valence-corrected chi connectivity index (χ0v) is 20.5. The third kappa shape index (κ3) is 6.21. The Morgan fingerprint density at radius 1 is 1.03 bits per heavy atom. The quantitative estimate of drug-likeness (QED) is 0.500. The minimum atomic E-state index is -3.61. The van der Waals surface area contributed by atoms with Gasteiger partial charge in [0.15, 0.2) is 11.5 Å². The largest absolute Gasteiger partial charge is 0.486 e. The van der Waals surface area contributed by atoms with Gasteiger partial charge in [-0.3, -0.25) is 4.79 Å². The third-order valence-corrected chi connectivity index (χ3v) is 7.64. The van der Waals surface area contributed by atoms with Crippen LogP contribution in [-0.4, -0.2) is 47.7 Å². The summed E-state index contributed by atoms with van der Waals surface area (Å²) in [5.41, 5.74) is 3.75. The van der Waals surface area contributed by atoms with E-state index in [4.69, 9.17) is 9.47 Å². The molecule has 0 fully saturated rings. The van der Waals surface area contributed by atoms with E-state index in [1.54, 1.807) is 6.07 Å². The van der Waals surface area contributed by atoms with Gasteiger partial charge in [-0.2, -0.15) is 0 Å². The van der Waals surface area contributed by atoms with E-state index >= 15 is 0 Å². The molecule has 1 amide bonds. The Bertz CT molecular complexity index is 1120. The highest BCUT2D eigenvalue weighted by molar-refractivity contribution is 7.89. The molecule has 4 rings (SSSR count). The zero-order valence-electron chi connectivity index (χ0n) is 19.6. The lowest BCUT2D eigenvalue weighted by Gasteiger charge is -2.27. The normalized spacial score (nSPS) is 15.0. The van der Waals surface area contributed by atoms with Crippen molar-refractivity contribution in [2.24, 2.45) is 0 Å². The number of hydrogen-bond acceptors (Lipinski definition) is 6. The highest BCUT2D eigenvalue weighted by Gasteiger charge is 2.19. The smallest absolute Gasteiger partial charge is 0.240 e. The van der Waals surface area contributed by atoms with Gasteiger partial charge in [0.25, 0.3) is 0 Å². The number of fused-ring (bicyclic) bond motifs is 2. The Balaban J connectivity index is 1.13. The standard InChI is InChI=1S/C25H33N3O5S/c1-28-13-5-6-20-16-19(8-10-22(20)28)18-26-25(29)7-3-2-4-12-27-34(30,31)21-9-11-23-24(17-21)33-15-14-32-23/h8-11,16-17,27H,2-7,12-15,18H2,1H3,(H,26,29). The number of unbranched alkanes of at least 4 members (excludes halogenated alkanes) is 2. The van der Waals surface area contributed by atoms with E-state index in [1.807, 2.05) is 0 Å². The maximum atomic E-state index is 12.5. The van der Waals surface area contributed by atoms with Crippen molar-refractivity contribution in [2.45, 2.75) is 50.0 Å². The number of amides is 1. The fourth-order valence-corrected chi connectivity index (χ4v) is 5.39. The van der Waals surface area contributed by atoms with Crippen LogP contribution in [0.25, 0.3) is 0 Å². The fourth-order valence-electron chi connectivity index (χ4n) is 4.31. The summed E-state index contributed by atoms with van der Waals surface area (Å²) < 4.78 is 38.5. The van der Waals surface area contributed by atoms with Gasteiger partial charge < -0.3 is 19.7 Å². The van der Waals surface area contributed by atoms with Gasteiger partial charge in [-0.1, -0.05) is 18.6 Å². The molecule has 0 aliphatic carbocycles. The summed E-state index contributed by atoms with van der Waals surface area (Å²) in [6, 6.07) is 11.0. The number of carbonyl (C=O) groups excluding carboxylic acids is 1. The van der Waals surface area contributed by atoms with Crippen molar-refractivity contribution in [1.82, 2.24) is 10.0 Å². The van der Waals surface area contributed by atoms with Crippen LogP contribution in [0.4, 0.5) is 5.69 Å². The summed E-state index contributed by atoms with van der Waals surface area (Å²) in [6.45, 7) is 2.81. The van der Waals surface area contributed by atoms with Crippen molar-refractivity contribution in [1.29, 1.82) is 0 Å². The number of benzene rings is 2. The monoisotopic (exact) mass is 487 g/mol. The first kappa shape index (κ1) is 24.3. The highest BCUT2D eigenvalue weighted by atomic mass is 32.2. The van der Waals surface area contributed by atoms with Gasteiger partial charge in [0.05, 0.1) is 4.90 Å². The number of aryl methyl sites for hydroxylation is 1. The molecule has 0 atom stereocenters. The molecule has 2 N–H and O–H groups in total. The van der Waals surface area contributed by atoms with E-state index in [0.29, 0.717) is 57.1 Å². The van der Waals surface area contributed by atoms with Gasteiger partial charge in [0, 0.05) is 44.9 Å². The topological polar surface area (TPSA) is 97.0 Å². The number of anilines is 1. The van der Waals surface area contributed by atoms with Gasteiger partial charge in [0.2, 0.25) is 15.9 Å². The van der Waals surface area contributed by atoms with E-state index in [0.717, 1.165) is 31.4 Å². The molecule has 0 unspecified atom stereocenters. The number of carbonyl (C=O) groups is 1. The molecule has 2 heterocycles. The summed E-state index contributed by atoms with van der Waals surface area (Å²) in [4.78, 5) is 14.6. The third-order valence-electron chi connectivity index (χ3n) is 6.18. The van der Waals surface area contributed by atoms with Crippen LogP contribution in [0.5, 0.6) is 11.5 Å². The fraction of sp³-hybridized carbons (Fsp3) is 0.480. The number of hydrogen-bond donors (Lipinski definition) is 2. The molecule has 9 heteroatoms. The molecule has 2 aliphatic rings. The van der Waals surface area contributed by atoms with E-state index in [2.05, 4.69) is 40.2 Å². The molecule has 0 aromatic heterocycles. The average Bonchev–Trinajstić information content (AvgIpc) is 2.84. The van der Waals surface area contributed by atoms with Crippen molar-refractivity contribution in [2.75, 3.05) is 38.3 Å². The molecule has 0 saturated carbocycles. The molecule has 8 nitrogen and oxygen atoms in total. The van der Waals surface area contributed by atoms with Crippen LogP contribution in [0.2, 0.25) is 0 Å². The Labute approximate surface area is 201 Å². The van der Waals surface area contributed by atoms with Crippen molar-refractivity contribution in [3.05, 3.63) is 47.5 Å². The Hall–Kier alpha value is -2.78. The van der Waals surface area contributed by atoms with E-state index < -0.39 is 10.0 Å². The molecular formula is C25H33N3O5S. The lowest BCUT2D eigenvalue weighted by Crippen LogP contribution is -2.26. The first-order valence-corrected chi connectivity index (χ1v) is 13.4. The predicted molar refractivity (Wildman–Crippen MR) is 131 cm³/mol. The Morgan fingerprint density at radius 3 is 2.71 bits per heavy atom. The second-order valence-corrected chi connectivity index (χ2v) is 10.5. The molecule has 34 heavy (non-hydrogen) atoms. The first-order chi connectivity index (χ1) is 16.4. The summed E-state index contributed by atoms with van der Waals surface area (Å²) in [5.74, 6) is 1.03. The molecule has 0 spiro atoms. The van der Waals surface area contributed by atoms with E-state index in [9.17, 15) is 13.2 Å². The molecule has 0 radical (unpaired) electrons. The molecule has 2 aromatic rings.